The molecule has 5 rings (SSSR count). The Kier molecular flexibility index (Phi) is 4.23. The largest absolute Gasteiger partial charge is 0.464 e. The molecule has 144 valence electrons. The maximum absolute atomic E-state index is 12.8. The van der Waals surface area contributed by atoms with Crippen LogP contribution in [0.2, 0.25) is 0 Å². The van der Waals surface area contributed by atoms with Gasteiger partial charge in [-0.25, -0.2) is 0 Å². The summed E-state index contributed by atoms with van der Waals surface area (Å²) in [7, 11) is 1.90. The van der Waals surface area contributed by atoms with Crippen molar-refractivity contribution in [3.8, 4) is 11.5 Å². The Morgan fingerprint density at radius 2 is 2.04 bits per heavy atom. The zero-order valence-electron chi connectivity index (χ0n) is 15.9. The summed E-state index contributed by atoms with van der Waals surface area (Å²) >= 11 is 0. The highest BCUT2D eigenvalue weighted by Gasteiger charge is 2.25. The van der Waals surface area contributed by atoms with Crippen molar-refractivity contribution in [2.24, 2.45) is 0 Å². The fourth-order valence-corrected chi connectivity index (χ4v) is 4.41. The van der Waals surface area contributed by atoms with Crippen molar-refractivity contribution in [2.75, 3.05) is 20.4 Å². The Morgan fingerprint density at radius 1 is 1.14 bits per heavy atom. The second-order valence-electron chi connectivity index (χ2n) is 7.70. The van der Waals surface area contributed by atoms with Crippen LogP contribution in [0.3, 0.4) is 0 Å². The van der Waals surface area contributed by atoms with Crippen molar-refractivity contribution in [1.82, 2.24) is 4.90 Å². The van der Waals surface area contributed by atoms with E-state index in [0.29, 0.717) is 12.3 Å². The van der Waals surface area contributed by atoms with Gasteiger partial charge in [0.05, 0.1) is 12.7 Å². The summed E-state index contributed by atoms with van der Waals surface area (Å²) in [6, 6.07) is 12.1. The average molecular weight is 377 g/mol. The Labute approximate surface area is 163 Å². The van der Waals surface area contributed by atoms with Gasteiger partial charge in [-0.3, -0.25) is 4.79 Å². The predicted molar refractivity (Wildman–Crippen MR) is 106 cm³/mol. The lowest BCUT2D eigenvalue weighted by atomic mass is 9.82. The summed E-state index contributed by atoms with van der Waals surface area (Å²) in [4.78, 5) is 14.7. The molecule has 3 aromatic rings. The number of likely N-dealkylation sites (N-methyl/N-ethyl adjacent to an activating group) is 1. The summed E-state index contributed by atoms with van der Waals surface area (Å²) in [5, 5.41) is 1.16. The molecule has 2 aliphatic rings. The van der Waals surface area contributed by atoms with Crippen LogP contribution in [0, 0.1) is 0 Å². The highest BCUT2D eigenvalue weighted by molar-refractivity contribution is 5.82. The van der Waals surface area contributed by atoms with Crippen LogP contribution >= 0.6 is 0 Å². The van der Waals surface area contributed by atoms with Crippen molar-refractivity contribution in [3.63, 3.8) is 0 Å². The van der Waals surface area contributed by atoms with E-state index >= 15 is 0 Å². The van der Waals surface area contributed by atoms with Crippen molar-refractivity contribution in [2.45, 2.75) is 31.6 Å². The zero-order chi connectivity index (χ0) is 19.1. The SMILES string of the molecule is CN(C[C@@H]1CCCc2c1ccc1ccoc21)C(=O)Cc1ccc2c(c1)OCO2. The number of benzene rings is 2. The molecule has 0 bridgehead atoms. The molecule has 1 atom stereocenters. The standard InChI is InChI=1S/C23H23NO4/c1-24(22(25)12-15-5-8-20-21(11-15)28-14-27-20)13-17-3-2-4-19-18(17)7-6-16-9-10-26-23(16)19/h5-11,17H,2-4,12-14H2,1H3/t17-/m0/s1. The molecule has 1 amide bonds. The van der Waals surface area contributed by atoms with Gasteiger partial charge >= 0.3 is 0 Å². The molecule has 0 saturated carbocycles. The molecule has 2 heterocycles. The van der Waals surface area contributed by atoms with E-state index in [4.69, 9.17) is 13.9 Å². The minimum absolute atomic E-state index is 0.116. The number of hydrogen-bond donors (Lipinski definition) is 0. The molecule has 5 nitrogen and oxygen atoms in total. The molecule has 1 aliphatic heterocycles. The van der Waals surface area contributed by atoms with Crippen LogP contribution in [0.4, 0.5) is 0 Å². The van der Waals surface area contributed by atoms with E-state index < -0.39 is 0 Å². The van der Waals surface area contributed by atoms with Gasteiger partial charge in [-0.2, -0.15) is 0 Å². The third-order valence-electron chi connectivity index (χ3n) is 5.89. The third kappa shape index (κ3) is 3.01. The number of fused-ring (bicyclic) bond motifs is 4. The number of carbonyl (C=O) groups is 1. The topological polar surface area (TPSA) is 51.9 Å². The second kappa shape index (κ2) is 6.89. The van der Waals surface area contributed by atoms with Gasteiger partial charge in [0, 0.05) is 24.9 Å². The van der Waals surface area contributed by atoms with Gasteiger partial charge in [0.15, 0.2) is 11.5 Å². The van der Waals surface area contributed by atoms with E-state index in [1.807, 2.05) is 36.2 Å². The van der Waals surface area contributed by atoms with Gasteiger partial charge in [0.2, 0.25) is 12.7 Å². The summed E-state index contributed by atoms with van der Waals surface area (Å²) in [6.45, 7) is 0.971. The average Bonchev–Trinajstić information content (AvgIpc) is 3.36. The lowest BCUT2D eigenvalue weighted by molar-refractivity contribution is -0.129. The highest BCUT2D eigenvalue weighted by atomic mass is 16.7. The van der Waals surface area contributed by atoms with Crippen molar-refractivity contribution >= 4 is 16.9 Å². The van der Waals surface area contributed by atoms with Crippen LogP contribution < -0.4 is 9.47 Å². The van der Waals surface area contributed by atoms with Crippen molar-refractivity contribution in [1.29, 1.82) is 0 Å². The van der Waals surface area contributed by atoms with Crippen molar-refractivity contribution in [3.05, 3.63) is 59.4 Å². The number of carbonyl (C=O) groups excluding carboxylic acids is 1. The van der Waals surface area contributed by atoms with E-state index in [-0.39, 0.29) is 12.7 Å². The van der Waals surface area contributed by atoms with E-state index in [0.717, 1.165) is 53.8 Å². The van der Waals surface area contributed by atoms with Crippen LogP contribution in [0.15, 0.2) is 47.1 Å². The van der Waals surface area contributed by atoms with Crippen LogP contribution in [-0.2, 0) is 17.6 Å². The maximum atomic E-state index is 12.8. The highest BCUT2D eigenvalue weighted by Crippen LogP contribution is 2.37. The molecular weight excluding hydrogens is 354 g/mol. The molecule has 0 spiro atoms. The van der Waals surface area contributed by atoms with E-state index in [1.54, 1.807) is 6.26 Å². The number of furan rings is 1. The quantitative estimate of drug-likeness (QED) is 0.681. The molecule has 0 saturated heterocycles. The number of amides is 1. The van der Waals surface area contributed by atoms with Crippen LogP contribution in [0.25, 0.3) is 11.0 Å². The first-order valence-electron chi connectivity index (χ1n) is 9.80. The van der Waals surface area contributed by atoms with Crippen molar-refractivity contribution < 1.29 is 18.7 Å². The number of hydrogen-bond acceptors (Lipinski definition) is 4. The zero-order valence-corrected chi connectivity index (χ0v) is 15.9. The lowest BCUT2D eigenvalue weighted by Crippen LogP contribution is -2.33. The Hall–Kier alpha value is -2.95. The van der Waals surface area contributed by atoms with Gasteiger partial charge in [-0.1, -0.05) is 18.2 Å². The fourth-order valence-electron chi connectivity index (χ4n) is 4.41. The van der Waals surface area contributed by atoms with Crippen LogP contribution in [-0.4, -0.2) is 31.2 Å². The molecule has 2 aromatic carbocycles. The summed E-state index contributed by atoms with van der Waals surface area (Å²) in [6.07, 6.45) is 5.40. The Morgan fingerprint density at radius 3 is 2.96 bits per heavy atom. The van der Waals surface area contributed by atoms with Gasteiger partial charge < -0.3 is 18.8 Å². The smallest absolute Gasteiger partial charge is 0.231 e. The fraction of sp³-hybridized carbons (Fsp3) is 0.348. The first kappa shape index (κ1) is 17.2. The lowest BCUT2D eigenvalue weighted by Gasteiger charge is -2.29. The molecule has 0 unspecified atom stereocenters. The minimum atomic E-state index is 0.116. The maximum Gasteiger partial charge on any atom is 0.231 e. The van der Waals surface area contributed by atoms with E-state index in [1.165, 1.54) is 11.1 Å². The molecule has 0 radical (unpaired) electrons. The number of ether oxygens (including phenoxy) is 2. The molecule has 5 heteroatoms. The van der Waals surface area contributed by atoms with Crippen LogP contribution in [0.1, 0.15) is 35.4 Å². The monoisotopic (exact) mass is 377 g/mol. The Balaban J connectivity index is 1.30. The molecule has 0 fully saturated rings. The number of nitrogens with zero attached hydrogens (tertiary/aromatic N) is 1. The van der Waals surface area contributed by atoms with E-state index in [9.17, 15) is 4.79 Å². The second-order valence-corrected chi connectivity index (χ2v) is 7.70. The number of aryl methyl sites for hydroxylation is 1. The third-order valence-corrected chi connectivity index (χ3v) is 5.89. The first-order chi connectivity index (χ1) is 13.7. The van der Waals surface area contributed by atoms with E-state index in [2.05, 4.69) is 12.1 Å². The minimum Gasteiger partial charge on any atom is -0.464 e. The molecule has 1 aromatic heterocycles. The molecule has 0 N–H and O–H groups in total. The molecular formula is C23H23NO4. The van der Waals surface area contributed by atoms with Gasteiger partial charge in [-0.15, -0.1) is 0 Å². The first-order valence-corrected chi connectivity index (χ1v) is 9.80. The summed E-state index contributed by atoms with van der Waals surface area (Å²) < 4.78 is 16.5. The van der Waals surface area contributed by atoms with Gasteiger partial charge in [0.25, 0.3) is 0 Å². The predicted octanol–water partition coefficient (Wildman–Crippen LogP) is 4.28. The number of rotatable bonds is 4. The van der Waals surface area contributed by atoms with Gasteiger partial charge in [0.1, 0.15) is 5.58 Å². The molecule has 1 aliphatic carbocycles. The summed E-state index contributed by atoms with van der Waals surface area (Å²) in [5.41, 5.74) is 4.60. The normalized spacial score (nSPS) is 17.5. The molecule has 28 heavy (non-hydrogen) atoms. The van der Waals surface area contributed by atoms with Gasteiger partial charge in [-0.05, 0) is 54.2 Å². The van der Waals surface area contributed by atoms with Crippen LogP contribution in [0.5, 0.6) is 11.5 Å². The Bertz CT molecular complexity index is 1040. The summed E-state index contributed by atoms with van der Waals surface area (Å²) in [5.74, 6) is 1.93.